The number of benzene rings is 2. The van der Waals surface area contributed by atoms with Crippen molar-refractivity contribution >= 4 is 28.0 Å². The summed E-state index contributed by atoms with van der Waals surface area (Å²) in [6.07, 6.45) is 0.605. The largest absolute Gasteiger partial charge is 0.573 e. The van der Waals surface area contributed by atoms with Gasteiger partial charge >= 0.3 is 6.36 Å². The van der Waals surface area contributed by atoms with Crippen LogP contribution >= 0.6 is 0 Å². The molecule has 0 N–H and O–H groups in total. The van der Waals surface area contributed by atoms with E-state index < -0.39 is 6.36 Å². The highest BCUT2D eigenvalue weighted by molar-refractivity contribution is 6.04. The summed E-state index contributed by atoms with van der Waals surface area (Å²) >= 11 is 0. The molecule has 0 bridgehead atoms. The maximum Gasteiger partial charge on any atom is 0.573 e. The van der Waals surface area contributed by atoms with E-state index in [4.69, 9.17) is 0 Å². The monoisotopic (exact) mass is 422 g/mol. The maximum atomic E-state index is 12.5. The van der Waals surface area contributed by atoms with E-state index in [-0.39, 0.29) is 5.75 Å². The summed E-state index contributed by atoms with van der Waals surface area (Å²) in [5.41, 5.74) is 5.60. The molecule has 0 amide bonds. The van der Waals surface area contributed by atoms with Gasteiger partial charge in [-0.05, 0) is 59.7 Å². The number of halogens is 3. The van der Waals surface area contributed by atoms with Gasteiger partial charge in [0, 0.05) is 30.5 Å². The quantitative estimate of drug-likeness (QED) is 0.421. The molecule has 31 heavy (non-hydrogen) atoms. The molecule has 0 aliphatic carbocycles. The molecular formula is C23H17F3N4O. The molecule has 0 saturated carbocycles. The van der Waals surface area contributed by atoms with Gasteiger partial charge in [0.05, 0.1) is 29.8 Å². The third kappa shape index (κ3) is 3.61. The van der Waals surface area contributed by atoms with E-state index in [2.05, 4.69) is 30.6 Å². The fourth-order valence-electron chi connectivity index (χ4n) is 3.85. The van der Waals surface area contributed by atoms with Gasteiger partial charge in [-0.2, -0.15) is 0 Å². The molecule has 0 spiro atoms. The van der Waals surface area contributed by atoms with Crippen molar-refractivity contribution < 1.29 is 17.9 Å². The lowest BCUT2D eigenvalue weighted by Crippen LogP contribution is -2.24. The lowest BCUT2D eigenvalue weighted by atomic mass is 10.0. The Hall–Kier alpha value is -3.81. The molecule has 5 nitrogen and oxygen atoms in total. The van der Waals surface area contributed by atoms with E-state index in [1.165, 1.54) is 12.1 Å². The molecule has 1 aliphatic rings. The molecular weight excluding hydrogens is 405 g/mol. The van der Waals surface area contributed by atoms with Crippen LogP contribution in [0.15, 0.2) is 73.2 Å². The van der Waals surface area contributed by atoms with Gasteiger partial charge in [-0.15, -0.1) is 13.2 Å². The predicted molar refractivity (Wildman–Crippen MR) is 114 cm³/mol. The minimum atomic E-state index is -4.72. The number of alkyl halides is 3. The maximum absolute atomic E-state index is 12.5. The van der Waals surface area contributed by atoms with E-state index in [9.17, 15) is 13.2 Å². The van der Waals surface area contributed by atoms with Crippen molar-refractivity contribution in [2.24, 2.45) is 0 Å². The average molecular weight is 422 g/mol. The first-order valence-electron chi connectivity index (χ1n) is 9.57. The van der Waals surface area contributed by atoms with Crippen molar-refractivity contribution in [3.63, 3.8) is 0 Å². The highest BCUT2D eigenvalue weighted by Gasteiger charge is 2.31. The number of nitrogens with zero attached hydrogens (tertiary/aromatic N) is 4. The van der Waals surface area contributed by atoms with E-state index in [1.54, 1.807) is 24.5 Å². The summed E-state index contributed by atoms with van der Waals surface area (Å²) in [4.78, 5) is 12.8. The van der Waals surface area contributed by atoms with Crippen LogP contribution in [-0.4, -0.2) is 30.0 Å². The normalized spacial score (nSPS) is 13.5. The summed E-state index contributed by atoms with van der Waals surface area (Å²) in [5, 5.41) is 0.965. The third-order valence-electron chi connectivity index (χ3n) is 5.25. The lowest BCUT2D eigenvalue weighted by Gasteiger charge is -2.21. The molecule has 8 heteroatoms. The molecule has 0 radical (unpaired) electrons. The molecule has 2 aromatic carbocycles. The van der Waals surface area contributed by atoms with Crippen LogP contribution in [0, 0.1) is 0 Å². The second-order valence-electron chi connectivity index (χ2n) is 7.27. The highest BCUT2D eigenvalue weighted by Crippen LogP contribution is 2.45. The van der Waals surface area contributed by atoms with Crippen LogP contribution in [0.5, 0.6) is 5.75 Å². The van der Waals surface area contributed by atoms with Gasteiger partial charge in [-0.3, -0.25) is 9.97 Å². The van der Waals surface area contributed by atoms with Gasteiger partial charge in [0.2, 0.25) is 0 Å². The molecule has 0 fully saturated rings. The highest BCUT2D eigenvalue weighted by atomic mass is 19.4. The van der Waals surface area contributed by atoms with Crippen LogP contribution in [0.4, 0.5) is 30.2 Å². The van der Waals surface area contributed by atoms with Gasteiger partial charge in [0.25, 0.3) is 0 Å². The zero-order valence-corrected chi connectivity index (χ0v) is 16.5. The Morgan fingerprint density at radius 1 is 0.935 bits per heavy atom. The minimum absolute atomic E-state index is 0.247. The second-order valence-corrected chi connectivity index (χ2v) is 7.27. The fraction of sp³-hybridized carbons (Fsp3) is 0.130. The van der Waals surface area contributed by atoms with Crippen molar-refractivity contribution in [1.29, 1.82) is 0 Å². The molecule has 0 saturated heterocycles. The van der Waals surface area contributed by atoms with Crippen molar-refractivity contribution in [2.45, 2.75) is 6.36 Å². The van der Waals surface area contributed by atoms with Crippen LogP contribution in [0.3, 0.4) is 0 Å². The molecule has 2 aromatic heterocycles. The Morgan fingerprint density at radius 2 is 1.68 bits per heavy atom. The minimum Gasteiger partial charge on any atom is -0.406 e. The van der Waals surface area contributed by atoms with Crippen molar-refractivity contribution in [1.82, 2.24) is 9.97 Å². The Kier molecular flexibility index (Phi) is 4.43. The molecule has 4 aromatic rings. The number of pyridine rings is 2. The van der Waals surface area contributed by atoms with Gasteiger partial charge in [-0.1, -0.05) is 6.07 Å². The van der Waals surface area contributed by atoms with Gasteiger partial charge < -0.3 is 14.5 Å². The van der Waals surface area contributed by atoms with Crippen molar-refractivity contribution in [3.05, 3.63) is 73.2 Å². The first-order chi connectivity index (χ1) is 14.9. The zero-order chi connectivity index (χ0) is 21.6. The summed E-state index contributed by atoms with van der Waals surface area (Å²) in [6, 6.07) is 15.9. The molecule has 156 valence electrons. The standard InChI is InChI=1S/C23H17F3N4O/c1-29-14-30(17-3-5-18(6-4-17)31-23(24,25)26)22-19-12-16(15-8-10-27-11-9-15)2-7-20(19)28-13-21(22)29/h2-13H,14H2,1H3. The topological polar surface area (TPSA) is 41.5 Å². The number of aromatic nitrogens is 2. The zero-order valence-electron chi connectivity index (χ0n) is 16.5. The fourth-order valence-corrected chi connectivity index (χ4v) is 3.85. The smallest absolute Gasteiger partial charge is 0.406 e. The summed E-state index contributed by atoms with van der Waals surface area (Å²) in [7, 11) is 1.96. The Balaban J connectivity index is 1.60. The van der Waals surface area contributed by atoms with E-state index in [1.807, 2.05) is 37.5 Å². The molecule has 0 atom stereocenters. The molecule has 0 unspecified atom stereocenters. The van der Waals surface area contributed by atoms with Crippen LogP contribution < -0.4 is 14.5 Å². The molecule has 3 heterocycles. The number of hydrogen-bond donors (Lipinski definition) is 0. The van der Waals surface area contributed by atoms with Crippen LogP contribution in [0.2, 0.25) is 0 Å². The number of rotatable bonds is 3. The molecule has 5 rings (SSSR count). The first kappa shape index (κ1) is 19.2. The number of fused-ring (bicyclic) bond motifs is 3. The Labute approximate surface area is 176 Å². The van der Waals surface area contributed by atoms with Crippen LogP contribution in [0.25, 0.3) is 22.0 Å². The SMILES string of the molecule is CN1CN(c2ccc(OC(F)(F)F)cc2)c2c1cnc1ccc(-c3ccncc3)cc21. The summed E-state index contributed by atoms with van der Waals surface area (Å²) in [5.74, 6) is -0.247. The summed E-state index contributed by atoms with van der Waals surface area (Å²) in [6.45, 7) is 0.551. The van der Waals surface area contributed by atoms with Gasteiger partial charge in [0.15, 0.2) is 0 Å². The van der Waals surface area contributed by atoms with E-state index in [0.29, 0.717) is 6.67 Å². The Morgan fingerprint density at radius 3 is 2.39 bits per heavy atom. The van der Waals surface area contributed by atoms with Crippen molar-refractivity contribution in [2.75, 3.05) is 23.5 Å². The lowest BCUT2D eigenvalue weighted by molar-refractivity contribution is -0.274. The summed E-state index contributed by atoms with van der Waals surface area (Å²) < 4.78 is 41.5. The average Bonchev–Trinajstić information content (AvgIpc) is 3.10. The van der Waals surface area contributed by atoms with Gasteiger partial charge in [0.1, 0.15) is 5.75 Å². The first-order valence-corrected chi connectivity index (χ1v) is 9.57. The van der Waals surface area contributed by atoms with Gasteiger partial charge in [-0.25, -0.2) is 0 Å². The predicted octanol–water partition coefficient (Wildman–Crippen LogP) is 5.74. The molecule has 1 aliphatic heterocycles. The van der Waals surface area contributed by atoms with Crippen molar-refractivity contribution in [3.8, 4) is 16.9 Å². The van der Waals surface area contributed by atoms with Crippen LogP contribution in [-0.2, 0) is 0 Å². The van der Waals surface area contributed by atoms with E-state index >= 15 is 0 Å². The Bertz CT molecular complexity index is 1240. The number of hydrogen-bond acceptors (Lipinski definition) is 5. The second kappa shape index (κ2) is 7.16. The third-order valence-corrected chi connectivity index (χ3v) is 5.25. The number of ether oxygens (including phenoxy) is 1. The number of anilines is 3. The van der Waals surface area contributed by atoms with E-state index in [0.717, 1.165) is 39.1 Å². The van der Waals surface area contributed by atoms with Crippen LogP contribution in [0.1, 0.15) is 0 Å².